The fourth-order valence-corrected chi connectivity index (χ4v) is 2.96. The Kier molecular flexibility index (Phi) is 11.5. The van der Waals surface area contributed by atoms with Gasteiger partial charge >= 0.3 is 23.9 Å². The second-order valence-corrected chi connectivity index (χ2v) is 7.63. The Balaban J connectivity index is 1.62. The Labute approximate surface area is 219 Å². The van der Waals surface area contributed by atoms with Crippen molar-refractivity contribution in [2.45, 2.75) is 0 Å². The largest absolute Gasteiger partial charge is 0.478 e. The lowest BCUT2D eigenvalue weighted by atomic mass is 10.1. The van der Waals surface area contributed by atoms with E-state index in [9.17, 15) is 28.8 Å². The van der Waals surface area contributed by atoms with Crippen LogP contribution in [0.25, 0.3) is 0 Å². The Morgan fingerprint density at radius 3 is 1.05 bits per heavy atom. The fraction of sp³-hybridized carbons (Fsp3) is 0.250. The van der Waals surface area contributed by atoms with E-state index < -0.39 is 48.9 Å². The van der Waals surface area contributed by atoms with Crippen LogP contribution in [0.2, 0.25) is 0 Å². The second-order valence-electron chi connectivity index (χ2n) is 7.63. The third kappa shape index (κ3) is 10.6. The molecule has 15 heteroatoms. The molecule has 0 aliphatic heterocycles. The van der Waals surface area contributed by atoms with E-state index in [0.717, 1.165) is 36.4 Å². The fourth-order valence-electron chi connectivity index (χ4n) is 2.96. The molecule has 6 N–H and O–H groups in total. The number of carbonyl (C=O) groups is 6. The molecule has 39 heavy (non-hydrogen) atoms. The molecule has 0 aliphatic rings. The van der Waals surface area contributed by atoms with Crippen LogP contribution in [-0.4, -0.2) is 95.8 Å². The van der Waals surface area contributed by atoms with Crippen LogP contribution in [0.3, 0.4) is 0 Å². The predicted octanol–water partition coefficient (Wildman–Crippen LogP) is 1.11. The Hall–Kier alpha value is -4.86. The lowest BCUT2D eigenvalue weighted by molar-refractivity contribution is -0.121. The van der Waals surface area contributed by atoms with E-state index >= 15 is 0 Å². The number of rotatable bonds is 16. The molecule has 0 spiro atoms. The number of aromatic carboxylic acids is 4. The van der Waals surface area contributed by atoms with Crippen molar-refractivity contribution < 1.29 is 63.4 Å². The van der Waals surface area contributed by atoms with Gasteiger partial charge in [0.1, 0.15) is 13.2 Å². The molecule has 0 saturated heterocycles. The Bertz CT molecular complexity index is 1100. The summed E-state index contributed by atoms with van der Waals surface area (Å²) >= 11 is 0. The summed E-state index contributed by atoms with van der Waals surface area (Å²) in [5.41, 5.74) is -1.26. The zero-order valence-corrected chi connectivity index (χ0v) is 20.2. The van der Waals surface area contributed by atoms with Gasteiger partial charge in [0, 0.05) is 11.4 Å². The van der Waals surface area contributed by atoms with Gasteiger partial charge in [-0.25, -0.2) is 19.2 Å². The number of anilines is 2. The quantitative estimate of drug-likeness (QED) is 0.161. The highest BCUT2D eigenvalue weighted by Gasteiger charge is 2.14. The second kappa shape index (κ2) is 14.8. The first-order chi connectivity index (χ1) is 18.5. The number of carboxylic acid groups (broad SMARTS) is 4. The van der Waals surface area contributed by atoms with Crippen LogP contribution in [0.5, 0.6) is 0 Å². The molecule has 0 aliphatic carbocycles. The standard InChI is InChI=1S/C24H24N2O13/c27-19(25-17-7-13(21(29)30)5-14(8-17)22(31)32)11-38-3-1-37-2-4-39-12-20(28)26-18-9-15(23(33)34)6-16(10-18)24(35)36/h5-10H,1-4,11-12H2,(H,25,27)(H,26,28)(H,29,30)(H,31,32)(H,33,34)(H,35,36). The average Bonchev–Trinajstić information content (AvgIpc) is 2.87. The molecule has 0 heterocycles. The normalized spacial score (nSPS) is 10.5. The number of carbonyl (C=O) groups excluding carboxylic acids is 2. The summed E-state index contributed by atoms with van der Waals surface area (Å²) in [6.07, 6.45) is 0. The van der Waals surface area contributed by atoms with Crippen LogP contribution >= 0.6 is 0 Å². The molecule has 0 atom stereocenters. The molecule has 0 aromatic heterocycles. The molecule has 2 rings (SSSR count). The minimum absolute atomic E-state index is 0.00920. The topological polar surface area (TPSA) is 235 Å². The maximum absolute atomic E-state index is 12.0. The van der Waals surface area contributed by atoms with E-state index in [4.69, 9.17) is 34.6 Å². The molecule has 0 fully saturated rings. The number of benzene rings is 2. The Morgan fingerprint density at radius 1 is 0.487 bits per heavy atom. The molecule has 0 bridgehead atoms. The zero-order chi connectivity index (χ0) is 28.9. The van der Waals surface area contributed by atoms with E-state index in [0.29, 0.717) is 0 Å². The number of hydrogen-bond acceptors (Lipinski definition) is 9. The van der Waals surface area contributed by atoms with Gasteiger partial charge in [-0.15, -0.1) is 0 Å². The number of nitrogens with one attached hydrogen (secondary N) is 2. The molecule has 2 amide bonds. The highest BCUT2D eigenvalue weighted by molar-refractivity contribution is 5.99. The first kappa shape index (κ1) is 30.4. The highest BCUT2D eigenvalue weighted by Crippen LogP contribution is 2.17. The van der Waals surface area contributed by atoms with Gasteiger partial charge in [0.05, 0.1) is 48.7 Å². The van der Waals surface area contributed by atoms with E-state index in [2.05, 4.69) is 10.6 Å². The molecule has 208 valence electrons. The Morgan fingerprint density at radius 2 is 0.769 bits per heavy atom. The van der Waals surface area contributed by atoms with Gasteiger partial charge in [0.25, 0.3) is 0 Å². The van der Waals surface area contributed by atoms with Crippen LogP contribution in [0, 0.1) is 0 Å². The van der Waals surface area contributed by atoms with Crippen LogP contribution in [0.1, 0.15) is 41.4 Å². The van der Waals surface area contributed by atoms with Gasteiger partial charge in [0.15, 0.2) is 0 Å². The summed E-state index contributed by atoms with van der Waals surface area (Å²) in [6.45, 7) is -0.662. The summed E-state index contributed by atoms with van der Waals surface area (Å²) in [4.78, 5) is 68.4. The van der Waals surface area contributed by atoms with Gasteiger partial charge in [0.2, 0.25) is 11.8 Å². The van der Waals surface area contributed by atoms with Crippen LogP contribution in [-0.2, 0) is 23.8 Å². The van der Waals surface area contributed by atoms with Gasteiger partial charge in [-0.05, 0) is 36.4 Å². The third-order valence-electron chi connectivity index (χ3n) is 4.63. The molecule has 15 nitrogen and oxygen atoms in total. The number of ether oxygens (including phenoxy) is 3. The van der Waals surface area contributed by atoms with Crippen molar-refractivity contribution in [1.82, 2.24) is 0 Å². The van der Waals surface area contributed by atoms with Gasteiger partial charge in [-0.2, -0.15) is 0 Å². The summed E-state index contributed by atoms with van der Waals surface area (Å²) in [6, 6.07) is 6.35. The van der Waals surface area contributed by atoms with Crippen molar-refractivity contribution in [2.75, 3.05) is 50.3 Å². The molecule has 0 radical (unpaired) electrons. The number of amides is 2. The average molecular weight is 548 g/mol. The first-order valence-corrected chi connectivity index (χ1v) is 11.0. The van der Waals surface area contributed by atoms with Crippen molar-refractivity contribution in [2.24, 2.45) is 0 Å². The zero-order valence-electron chi connectivity index (χ0n) is 20.2. The van der Waals surface area contributed by atoms with Crippen molar-refractivity contribution in [3.05, 3.63) is 58.7 Å². The maximum atomic E-state index is 12.0. The van der Waals surface area contributed by atoms with Gasteiger partial charge in [-0.1, -0.05) is 0 Å². The predicted molar refractivity (Wildman–Crippen MR) is 130 cm³/mol. The third-order valence-corrected chi connectivity index (χ3v) is 4.63. The first-order valence-electron chi connectivity index (χ1n) is 11.0. The number of carboxylic acids is 4. The minimum Gasteiger partial charge on any atom is -0.478 e. The SMILES string of the molecule is O=C(COCCOCCOCC(=O)Nc1cc(C(=O)O)cc(C(=O)O)c1)Nc1cc(C(=O)O)cc(C(=O)O)c1. The number of hydrogen-bond donors (Lipinski definition) is 6. The van der Waals surface area contributed by atoms with Gasteiger partial charge < -0.3 is 45.3 Å². The van der Waals surface area contributed by atoms with E-state index in [1.165, 1.54) is 0 Å². The lowest BCUT2D eigenvalue weighted by Gasteiger charge is -2.10. The van der Waals surface area contributed by atoms with Crippen LogP contribution in [0.4, 0.5) is 11.4 Å². The van der Waals surface area contributed by atoms with Crippen molar-refractivity contribution in [3.8, 4) is 0 Å². The summed E-state index contributed by atoms with van der Waals surface area (Å²) in [5.74, 6) is -6.71. The summed E-state index contributed by atoms with van der Waals surface area (Å²) < 4.78 is 15.5. The van der Waals surface area contributed by atoms with E-state index in [1.54, 1.807) is 0 Å². The molecule has 2 aromatic rings. The molecule has 0 unspecified atom stereocenters. The lowest BCUT2D eigenvalue weighted by Crippen LogP contribution is -2.21. The minimum atomic E-state index is -1.36. The molecular formula is C24H24N2O13. The van der Waals surface area contributed by atoms with Crippen molar-refractivity contribution >= 4 is 47.1 Å². The smallest absolute Gasteiger partial charge is 0.335 e. The highest BCUT2D eigenvalue weighted by atomic mass is 16.5. The maximum Gasteiger partial charge on any atom is 0.335 e. The van der Waals surface area contributed by atoms with Crippen LogP contribution in [0.15, 0.2) is 36.4 Å². The van der Waals surface area contributed by atoms with E-state index in [1.807, 2.05) is 0 Å². The van der Waals surface area contributed by atoms with Gasteiger partial charge in [-0.3, -0.25) is 9.59 Å². The van der Waals surface area contributed by atoms with Crippen LogP contribution < -0.4 is 10.6 Å². The molecule has 0 saturated carbocycles. The monoisotopic (exact) mass is 548 g/mol. The molecular weight excluding hydrogens is 524 g/mol. The molecule has 2 aromatic carbocycles. The van der Waals surface area contributed by atoms with Crippen molar-refractivity contribution in [3.63, 3.8) is 0 Å². The van der Waals surface area contributed by atoms with E-state index in [-0.39, 0.29) is 60.1 Å². The summed E-state index contributed by atoms with van der Waals surface area (Å²) in [5, 5.41) is 40.9. The summed E-state index contributed by atoms with van der Waals surface area (Å²) in [7, 11) is 0. The van der Waals surface area contributed by atoms with Crippen molar-refractivity contribution in [1.29, 1.82) is 0 Å².